The summed E-state index contributed by atoms with van der Waals surface area (Å²) in [7, 11) is -3.72. The number of hydrogen-bond acceptors (Lipinski definition) is 5. The highest BCUT2D eigenvalue weighted by Gasteiger charge is 2.40. The van der Waals surface area contributed by atoms with Crippen molar-refractivity contribution in [3.63, 3.8) is 0 Å². The van der Waals surface area contributed by atoms with Crippen molar-refractivity contribution in [2.45, 2.75) is 17.2 Å². The van der Waals surface area contributed by atoms with E-state index in [0.717, 1.165) is 11.1 Å². The molecule has 26 heavy (non-hydrogen) atoms. The van der Waals surface area contributed by atoms with Crippen LogP contribution in [0.2, 0.25) is 0 Å². The Morgan fingerprint density at radius 1 is 1.27 bits per heavy atom. The van der Waals surface area contributed by atoms with Crippen molar-refractivity contribution in [3.8, 4) is 0 Å². The van der Waals surface area contributed by atoms with Gasteiger partial charge in [0.2, 0.25) is 10.0 Å². The zero-order valence-electron chi connectivity index (χ0n) is 14.1. The van der Waals surface area contributed by atoms with Crippen LogP contribution < -0.4 is 5.32 Å². The molecule has 0 saturated carbocycles. The first-order valence-electron chi connectivity index (χ1n) is 8.55. The number of amides is 1. The lowest BCUT2D eigenvalue weighted by atomic mass is 9.92. The number of hydrogen-bond donors (Lipinski definition) is 2. The number of rotatable bonds is 4. The molecule has 0 radical (unpaired) electrons. The van der Waals surface area contributed by atoms with E-state index in [0.29, 0.717) is 25.1 Å². The number of nitrogens with one attached hydrogen (secondary N) is 1. The number of carbonyl (C=O) groups is 1. The minimum atomic E-state index is -3.72. The van der Waals surface area contributed by atoms with Gasteiger partial charge in [0, 0.05) is 43.6 Å². The first-order valence-corrected chi connectivity index (χ1v) is 10.9. The van der Waals surface area contributed by atoms with E-state index in [1.807, 2.05) is 16.8 Å². The summed E-state index contributed by atoms with van der Waals surface area (Å²) in [5.41, 5.74) is 2.37. The Morgan fingerprint density at radius 3 is 2.85 bits per heavy atom. The zero-order chi connectivity index (χ0) is 18.3. The van der Waals surface area contributed by atoms with E-state index in [-0.39, 0.29) is 35.8 Å². The van der Waals surface area contributed by atoms with Crippen molar-refractivity contribution in [3.05, 3.63) is 51.7 Å². The van der Waals surface area contributed by atoms with E-state index in [4.69, 9.17) is 0 Å². The summed E-state index contributed by atoms with van der Waals surface area (Å²) in [6.07, 6.45) is 0.706. The average molecular weight is 393 g/mol. The molecule has 2 aliphatic heterocycles. The standard InChI is InChI=1S/C18H20N2O4S2/c21-10-14-8-20(9-17(14)13-4-6-25-11-13)26(23,24)15-2-1-12-3-5-19-18(22)16(12)7-15/h1-2,4,6-7,11,14,17,21H,3,5,8-10H2,(H,19,22)/t14-,17+/m1/s1. The van der Waals surface area contributed by atoms with Gasteiger partial charge in [0.05, 0.1) is 4.90 Å². The van der Waals surface area contributed by atoms with Gasteiger partial charge in [-0.3, -0.25) is 4.79 Å². The fourth-order valence-electron chi connectivity index (χ4n) is 3.78. The summed E-state index contributed by atoms with van der Waals surface area (Å²) in [6.45, 7) is 1.14. The second-order valence-electron chi connectivity index (χ2n) is 6.75. The van der Waals surface area contributed by atoms with Crippen molar-refractivity contribution < 1.29 is 18.3 Å². The van der Waals surface area contributed by atoms with Crippen molar-refractivity contribution >= 4 is 27.3 Å². The third-order valence-electron chi connectivity index (χ3n) is 5.26. The first kappa shape index (κ1) is 17.7. The summed E-state index contributed by atoms with van der Waals surface area (Å²) in [5.74, 6) is -0.364. The molecule has 8 heteroatoms. The summed E-state index contributed by atoms with van der Waals surface area (Å²) in [6, 6.07) is 6.78. The van der Waals surface area contributed by atoms with Crippen LogP contribution in [0.25, 0.3) is 0 Å². The highest BCUT2D eigenvalue weighted by Crippen LogP contribution is 2.36. The fraction of sp³-hybridized carbons (Fsp3) is 0.389. The second-order valence-corrected chi connectivity index (χ2v) is 9.47. The van der Waals surface area contributed by atoms with Crippen LogP contribution in [0.3, 0.4) is 0 Å². The van der Waals surface area contributed by atoms with Gasteiger partial charge < -0.3 is 10.4 Å². The van der Waals surface area contributed by atoms with Crippen molar-refractivity contribution in [1.82, 2.24) is 9.62 Å². The summed E-state index contributed by atoms with van der Waals surface area (Å²) >= 11 is 1.57. The highest BCUT2D eigenvalue weighted by atomic mass is 32.2. The number of carbonyl (C=O) groups excluding carboxylic acids is 1. The lowest BCUT2D eigenvalue weighted by molar-refractivity contribution is 0.0945. The van der Waals surface area contributed by atoms with Crippen LogP contribution in [0.5, 0.6) is 0 Å². The molecule has 2 aliphatic rings. The molecule has 0 unspecified atom stereocenters. The monoisotopic (exact) mass is 392 g/mol. The Balaban J connectivity index is 1.65. The maximum Gasteiger partial charge on any atom is 0.251 e. The Kier molecular flexibility index (Phi) is 4.60. The molecule has 0 bridgehead atoms. The van der Waals surface area contributed by atoms with Gasteiger partial charge in [-0.25, -0.2) is 8.42 Å². The van der Waals surface area contributed by atoms with Crippen LogP contribution in [0, 0.1) is 5.92 Å². The Morgan fingerprint density at radius 2 is 2.12 bits per heavy atom. The van der Waals surface area contributed by atoms with Crippen molar-refractivity contribution in [2.24, 2.45) is 5.92 Å². The number of aliphatic hydroxyl groups is 1. The predicted octanol–water partition coefficient (Wildman–Crippen LogP) is 1.43. The smallest absolute Gasteiger partial charge is 0.251 e. The predicted molar refractivity (Wildman–Crippen MR) is 98.9 cm³/mol. The number of fused-ring (bicyclic) bond motifs is 1. The lowest BCUT2D eigenvalue weighted by Gasteiger charge is -2.20. The van der Waals surface area contributed by atoms with E-state index in [1.165, 1.54) is 10.4 Å². The van der Waals surface area contributed by atoms with Gasteiger partial charge in [0.1, 0.15) is 0 Å². The summed E-state index contributed by atoms with van der Waals surface area (Å²) < 4.78 is 27.7. The molecule has 1 aromatic heterocycles. The quantitative estimate of drug-likeness (QED) is 0.824. The molecule has 4 rings (SSSR count). The molecule has 6 nitrogen and oxygen atoms in total. The van der Waals surface area contributed by atoms with Crippen molar-refractivity contribution in [1.29, 1.82) is 0 Å². The van der Waals surface area contributed by atoms with Gasteiger partial charge in [-0.1, -0.05) is 6.07 Å². The van der Waals surface area contributed by atoms with Crippen LogP contribution in [0.4, 0.5) is 0 Å². The van der Waals surface area contributed by atoms with Gasteiger partial charge in [0.15, 0.2) is 0 Å². The molecule has 0 spiro atoms. The van der Waals surface area contributed by atoms with Gasteiger partial charge in [-0.15, -0.1) is 0 Å². The van der Waals surface area contributed by atoms with Crippen LogP contribution >= 0.6 is 11.3 Å². The minimum absolute atomic E-state index is 0.0121. The topological polar surface area (TPSA) is 86.7 Å². The molecular weight excluding hydrogens is 372 g/mol. The summed E-state index contributed by atoms with van der Waals surface area (Å²) in [4.78, 5) is 12.2. The van der Waals surface area contributed by atoms with Crippen LogP contribution in [-0.2, 0) is 16.4 Å². The average Bonchev–Trinajstić information content (AvgIpc) is 3.31. The maximum atomic E-state index is 13.1. The number of thiophene rings is 1. The number of benzene rings is 1. The van der Waals surface area contributed by atoms with E-state index in [9.17, 15) is 18.3 Å². The third kappa shape index (κ3) is 2.96. The first-order chi connectivity index (χ1) is 12.5. The van der Waals surface area contributed by atoms with E-state index in [2.05, 4.69) is 5.32 Å². The molecule has 0 aliphatic carbocycles. The Labute approximate surface area is 156 Å². The fourth-order valence-corrected chi connectivity index (χ4v) is 6.05. The molecule has 2 aromatic rings. The molecule has 2 N–H and O–H groups in total. The molecule has 1 amide bonds. The molecule has 3 heterocycles. The molecular formula is C18H20N2O4S2. The van der Waals surface area contributed by atoms with Crippen LogP contribution in [-0.4, -0.2) is 50.0 Å². The normalized spacial score (nSPS) is 23.7. The Hall–Kier alpha value is -1.74. The number of aliphatic hydroxyl groups excluding tert-OH is 1. The lowest BCUT2D eigenvalue weighted by Crippen LogP contribution is -2.33. The Bertz CT molecular complexity index is 925. The van der Waals surface area contributed by atoms with Crippen LogP contribution in [0.1, 0.15) is 27.4 Å². The minimum Gasteiger partial charge on any atom is -0.396 e. The number of nitrogens with zero attached hydrogens (tertiary/aromatic N) is 1. The van der Waals surface area contributed by atoms with Gasteiger partial charge in [-0.2, -0.15) is 15.6 Å². The SMILES string of the molecule is O=C1NCCc2ccc(S(=O)(=O)N3C[C@H](CO)[C@H](c4ccsc4)C3)cc21. The van der Waals surface area contributed by atoms with Gasteiger partial charge >= 0.3 is 0 Å². The highest BCUT2D eigenvalue weighted by molar-refractivity contribution is 7.89. The van der Waals surface area contributed by atoms with Gasteiger partial charge in [0.25, 0.3) is 5.91 Å². The van der Waals surface area contributed by atoms with E-state index >= 15 is 0 Å². The van der Waals surface area contributed by atoms with Gasteiger partial charge in [-0.05, 0) is 46.5 Å². The van der Waals surface area contributed by atoms with Crippen molar-refractivity contribution in [2.75, 3.05) is 26.2 Å². The largest absolute Gasteiger partial charge is 0.396 e. The van der Waals surface area contributed by atoms with Crippen LogP contribution in [0.15, 0.2) is 39.9 Å². The molecule has 1 saturated heterocycles. The second kappa shape index (κ2) is 6.77. The molecule has 2 atom stereocenters. The molecule has 1 fully saturated rings. The number of sulfonamides is 1. The maximum absolute atomic E-state index is 13.1. The van der Waals surface area contributed by atoms with E-state index in [1.54, 1.807) is 23.5 Å². The zero-order valence-corrected chi connectivity index (χ0v) is 15.7. The summed E-state index contributed by atoms with van der Waals surface area (Å²) in [5, 5.41) is 16.4. The molecule has 1 aromatic carbocycles. The third-order valence-corrected chi connectivity index (χ3v) is 7.79. The molecule has 138 valence electrons. The van der Waals surface area contributed by atoms with E-state index < -0.39 is 10.0 Å².